The minimum atomic E-state index is -0.119. The van der Waals surface area contributed by atoms with Crippen LogP contribution in [0.5, 0.6) is 0 Å². The lowest BCUT2D eigenvalue weighted by Gasteiger charge is -2.24. The fourth-order valence-electron chi connectivity index (χ4n) is 2.42. The molecule has 1 saturated heterocycles. The van der Waals surface area contributed by atoms with Crippen molar-refractivity contribution in [3.05, 3.63) is 30.1 Å². The lowest BCUT2D eigenvalue weighted by molar-refractivity contribution is -0.133. The molecule has 19 heavy (non-hydrogen) atoms. The quantitative estimate of drug-likeness (QED) is 0.901. The summed E-state index contributed by atoms with van der Waals surface area (Å²) in [6, 6.07) is 3.82. The second kappa shape index (κ2) is 7.24. The molecule has 1 N–H and O–H groups in total. The van der Waals surface area contributed by atoms with E-state index in [0.29, 0.717) is 6.54 Å². The van der Waals surface area contributed by atoms with Gasteiger partial charge in [-0.15, -0.1) is 0 Å². The number of likely N-dealkylation sites (tertiary alicyclic amines) is 1. The van der Waals surface area contributed by atoms with E-state index in [1.165, 1.54) is 12.8 Å². The first-order valence-corrected chi connectivity index (χ1v) is 7.18. The molecule has 4 heteroatoms. The molecule has 0 aromatic carbocycles. The van der Waals surface area contributed by atoms with Crippen LogP contribution in [0.4, 0.5) is 0 Å². The first-order chi connectivity index (χ1) is 9.27. The summed E-state index contributed by atoms with van der Waals surface area (Å²) in [5, 5.41) is 3.30. The van der Waals surface area contributed by atoms with Crippen LogP contribution in [0.2, 0.25) is 0 Å². The maximum absolute atomic E-state index is 12.3. The van der Waals surface area contributed by atoms with Crippen molar-refractivity contribution in [1.82, 2.24) is 15.2 Å². The lowest BCUT2D eigenvalue weighted by Crippen LogP contribution is -2.45. The third kappa shape index (κ3) is 4.31. The smallest absolute Gasteiger partial charge is 0.239 e. The Labute approximate surface area is 115 Å². The molecule has 0 aliphatic carbocycles. The van der Waals surface area contributed by atoms with Crippen molar-refractivity contribution in [3.8, 4) is 0 Å². The first kappa shape index (κ1) is 14.0. The van der Waals surface area contributed by atoms with Gasteiger partial charge in [-0.1, -0.05) is 12.8 Å². The fraction of sp³-hybridized carbons (Fsp3) is 0.600. The van der Waals surface area contributed by atoms with Gasteiger partial charge in [0.25, 0.3) is 0 Å². The highest BCUT2D eigenvalue weighted by Gasteiger charge is 2.20. The molecule has 0 spiro atoms. The Bertz CT molecular complexity index is 386. The number of nitrogens with zero attached hydrogens (tertiary/aromatic N) is 2. The van der Waals surface area contributed by atoms with Crippen molar-refractivity contribution in [2.24, 2.45) is 0 Å². The summed E-state index contributed by atoms with van der Waals surface area (Å²) in [5.74, 6) is 0.232. The van der Waals surface area contributed by atoms with Crippen LogP contribution in [-0.2, 0) is 11.3 Å². The number of carbonyl (C=O) groups is 1. The average Bonchev–Trinajstić information content (AvgIpc) is 2.74. The summed E-state index contributed by atoms with van der Waals surface area (Å²) >= 11 is 0. The molecular weight excluding hydrogens is 238 g/mol. The maximum atomic E-state index is 12.3. The molecule has 1 amide bonds. The molecule has 0 saturated carbocycles. The molecule has 1 aliphatic rings. The van der Waals surface area contributed by atoms with Crippen molar-refractivity contribution in [2.75, 3.05) is 13.1 Å². The highest BCUT2D eigenvalue weighted by atomic mass is 16.2. The summed E-state index contributed by atoms with van der Waals surface area (Å²) in [4.78, 5) is 18.3. The van der Waals surface area contributed by atoms with Crippen molar-refractivity contribution < 1.29 is 4.79 Å². The fourth-order valence-corrected chi connectivity index (χ4v) is 2.42. The summed E-state index contributed by atoms with van der Waals surface area (Å²) < 4.78 is 0. The molecule has 1 atom stereocenters. The number of carbonyl (C=O) groups excluding carboxylic acids is 1. The number of pyridine rings is 1. The van der Waals surface area contributed by atoms with Crippen LogP contribution in [0, 0.1) is 0 Å². The van der Waals surface area contributed by atoms with E-state index >= 15 is 0 Å². The van der Waals surface area contributed by atoms with Crippen LogP contribution in [0.1, 0.15) is 38.2 Å². The number of nitrogens with one attached hydrogen (secondary N) is 1. The number of hydrogen-bond donors (Lipinski definition) is 1. The first-order valence-electron chi connectivity index (χ1n) is 7.18. The van der Waals surface area contributed by atoms with Crippen molar-refractivity contribution in [2.45, 2.75) is 45.2 Å². The van der Waals surface area contributed by atoms with Gasteiger partial charge in [-0.2, -0.15) is 0 Å². The molecule has 104 valence electrons. The molecule has 4 nitrogen and oxygen atoms in total. The van der Waals surface area contributed by atoms with E-state index in [1.807, 2.05) is 24.0 Å². The molecule has 0 radical (unpaired) electrons. The van der Waals surface area contributed by atoms with E-state index in [4.69, 9.17) is 0 Å². The predicted molar refractivity (Wildman–Crippen MR) is 75.6 cm³/mol. The van der Waals surface area contributed by atoms with E-state index in [1.54, 1.807) is 12.4 Å². The summed E-state index contributed by atoms with van der Waals surface area (Å²) in [6.45, 7) is 4.50. The van der Waals surface area contributed by atoms with E-state index in [2.05, 4.69) is 10.3 Å². The van der Waals surface area contributed by atoms with Crippen LogP contribution in [0.15, 0.2) is 24.5 Å². The monoisotopic (exact) mass is 261 g/mol. The molecule has 1 aliphatic heterocycles. The largest absolute Gasteiger partial charge is 0.341 e. The SMILES string of the molecule is CC(NCc1ccncc1)C(=O)N1CCCCCC1. The Balaban J connectivity index is 1.81. The van der Waals surface area contributed by atoms with Crippen molar-refractivity contribution in [3.63, 3.8) is 0 Å². The minimum absolute atomic E-state index is 0.119. The number of rotatable bonds is 4. The van der Waals surface area contributed by atoms with Crippen molar-refractivity contribution >= 4 is 5.91 Å². The minimum Gasteiger partial charge on any atom is -0.341 e. The molecule has 1 aromatic heterocycles. The highest BCUT2D eigenvalue weighted by molar-refractivity contribution is 5.81. The average molecular weight is 261 g/mol. The molecule has 1 aromatic rings. The standard InChI is InChI=1S/C15H23N3O/c1-13(17-12-14-6-8-16-9-7-14)15(19)18-10-4-2-3-5-11-18/h6-9,13,17H,2-5,10-12H2,1H3. The topological polar surface area (TPSA) is 45.2 Å². The summed E-state index contributed by atoms with van der Waals surface area (Å²) in [7, 11) is 0. The van der Waals surface area contributed by atoms with Gasteiger partial charge in [0.15, 0.2) is 0 Å². The van der Waals surface area contributed by atoms with Gasteiger partial charge in [-0.25, -0.2) is 0 Å². The Kier molecular flexibility index (Phi) is 5.33. The Morgan fingerprint density at radius 3 is 2.53 bits per heavy atom. The van der Waals surface area contributed by atoms with E-state index in [0.717, 1.165) is 31.5 Å². The molecule has 1 unspecified atom stereocenters. The molecule has 2 heterocycles. The number of amides is 1. The van der Waals surface area contributed by atoms with Crippen LogP contribution >= 0.6 is 0 Å². The summed E-state index contributed by atoms with van der Waals surface area (Å²) in [5.41, 5.74) is 1.16. The maximum Gasteiger partial charge on any atom is 0.239 e. The summed E-state index contributed by atoms with van der Waals surface area (Å²) in [6.07, 6.45) is 8.34. The Morgan fingerprint density at radius 1 is 1.26 bits per heavy atom. The van der Waals surface area contributed by atoms with Crippen molar-refractivity contribution in [1.29, 1.82) is 0 Å². The van der Waals surface area contributed by atoms with Gasteiger partial charge in [0, 0.05) is 32.0 Å². The Morgan fingerprint density at radius 2 is 1.89 bits per heavy atom. The van der Waals surface area contributed by atoms with Gasteiger partial charge in [0.05, 0.1) is 6.04 Å². The number of aromatic nitrogens is 1. The van der Waals surface area contributed by atoms with Gasteiger partial charge >= 0.3 is 0 Å². The third-order valence-corrected chi connectivity index (χ3v) is 3.65. The van der Waals surface area contributed by atoms with Gasteiger partial charge in [0.1, 0.15) is 0 Å². The lowest BCUT2D eigenvalue weighted by atomic mass is 10.2. The third-order valence-electron chi connectivity index (χ3n) is 3.65. The predicted octanol–water partition coefficient (Wildman–Crippen LogP) is 1.96. The highest BCUT2D eigenvalue weighted by Crippen LogP contribution is 2.11. The van der Waals surface area contributed by atoms with Crippen LogP contribution in [0.3, 0.4) is 0 Å². The van der Waals surface area contributed by atoms with Crippen LogP contribution < -0.4 is 5.32 Å². The van der Waals surface area contributed by atoms with Gasteiger partial charge in [0.2, 0.25) is 5.91 Å². The molecular formula is C15H23N3O. The van der Waals surface area contributed by atoms with E-state index in [9.17, 15) is 4.79 Å². The zero-order valence-electron chi connectivity index (χ0n) is 11.6. The zero-order valence-corrected chi connectivity index (χ0v) is 11.6. The van der Waals surface area contributed by atoms with Gasteiger partial charge in [-0.3, -0.25) is 9.78 Å². The van der Waals surface area contributed by atoms with Crippen LogP contribution in [0.25, 0.3) is 0 Å². The Hall–Kier alpha value is -1.42. The van der Waals surface area contributed by atoms with E-state index < -0.39 is 0 Å². The second-order valence-electron chi connectivity index (χ2n) is 5.20. The van der Waals surface area contributed by atoms with Gasteiger partial charge in [-0.05, 0) is 37.5 Å². The van der Waals surface area contributed by atoms with E-state index in [-0.39, 0.29) is 11.9 Å². The van der Waals surface area contributed by atoms with Crippen LogP contribution in [-0.4, -0.2) is 34.9 Å². The second-order valence-corrected chi connectivity index (χ2v) is 5.20. The normalized spacial score (nSPS) is 17.8. The molecule has 0 bridgehead atoms. The molecule has 2 rings (SSSR count). The zero-order chi connectivity index (χ0) is 13.5. The number of hydrogen-bond acceptors (Lipinski definition) is 3. The molecule has 1 fully saturated rings. The van der Waals surface area contributed by atoms with Gasteiger partial charge < -0.3 is 10.2 Å².